The molecule has 0 unspecified atom stereocenters. The Labute approximate surface area is 106 Å². The molecule has 5 heteroatoms. The average molecular weight is 259 g/mol. The number of alkyl halides is 2. The van der Waals surface area contributed by atoms with Gasteiger partial charge in [-0.1, -0.05) is 13.8 Å². The summed E-state index contributed by atoms with van der Waals surface area (Å²) in [5.74, 6) is 0.150. The molecule has 0 bridgehead atoms. The maximum Gasteiger partial charge on any atom is 0.255 e. The smallest absolute Gasteiger partial charge is 0.255 e. The summed E-state index contributed by atoms with van der Waals surface area (Å²) in [5.41, 5.74) is 1.13. The number of rotatable bonds is 4. The molecule has 18 heavy (non-hydrogen) atoms. The largest absolute Gasteiger partial charge is 0.496 e. The lowest BCUT2D eigenvalue weighted by molar-refractivity contribution is 0.0891. The van der Waals surface area contributed by atoms with Gasteiger partial charge in [-0.3, -0.25) is 4.79 Å². The van der Waals surface area contributed by atoms with Crippen molar-refractivity contribution in [3.63, 3.8) is 0 Å². The Morgan fingerprint density at radius 3 is 2.44 bits per heavy atom. The minimum atomic E-state index is -2.54. The molecule has 3 nitrogen and oxygen atoms in total. The second-order valence-electron chi connectivity index (χ2n) is 3.29. The van der Waals surface area contributed by atoms with E-state index in [2.05, 4.69) is 5.32 Å². The molecule has 0 aliphatic heterocycles. The lowest BCUT2D eigenvalue weighted by Gasteiger charge is -2.08. The fourth-order valence-electron chi connectivity index (χ4n) is 1.29. The quantitative estimate of drug-likeness (QED) is 0.902. The highest BCUT2D eigenvalue weighted by molar-refractivity contribution is 5.94. The molecule has 1 rings (SSSR count). The summed E-state index contributed by atoms with van der Waals surface area (Å²) in [4.78, 5) is 11.4. The molecule has 0 aliphatic rings. The van der Waals surface area contributed by atoms with Gasteiger partial charge in [0.1, 0.15) is 5.75 Å². The van der Waals surface area contributed by atoms with Crippen LogP contribution in [-0.2, 0) is 0 Å². The van der Waals surface area contributed by atoms with E-state index in [0.717, 1.165) is 5.56 Å². The van der Waals surface area contributed by atoms with Crippen LogP contribution < -0.4 is 10.1 Å². The van der Waals surface area contributed by atoms with Crippen LogP contribution in [0.15, 0.2) is 18.2 Å². The molecule has 0 aromatic heterocycles. The Balaban J connectivity index is 0.00000137. The van der Waals surface area contributed by atoms with Crippen molar-refractivity contribution in [3.05, 3.63) is 29.3 Å². The van der Waals surface area contributed by atoms with Crippen molar-refractivity contribution in [2.75, 3.05) is 13.7 Å². The van der Waals surface area contributed by atoms with Crippen molar-refractivity contribution in [1.82, 2.24) is 5.32 Å². The van der Waals surface area contributed by atoms with Crippen LogP contribution in [0.1, 0.15) is 29.8 Å². The van der Waals surface area contributed by atoms with Gasteiger partial charge in [0.2, 0.25) is 0 Å². The Morgan fingerprint density at radius 1 is 1.39 bits per heavy atom. The SMILES string of the molecule is CC.COc1ccc(C(=O)NCC(F)F)cc1C. The molecule has 102 valence electrons. The molecule has 0 heterocycles. The van der Waals surface area contributed by atoms with Gasteiger partial charge in [0.05, 0.1) is 13.7 Å². The maximum atomic E-state index is 11.9. The molecule has 1 amide bonds. The normalized spacial score (nSPS) is 9.50. The van der Waals surface area contributed by atoms with Crippen molar-refractivity contribution < 1.29 is 18.3 Å². The molecule has 1 aromatic rings. The van der Waals surface area contributed by atoms with E-state index in [4.69, 9.17) is 4.74 Å². The molecule has 0 aliphatic carbocycles. The minimum absolute atomic E-state index is 0.346. The monoisotopic (exact) mass is 259 g/mol. The van der Waals surface area contributed by atoms with Crippen LogP contribution in [0, 0.1) is 6.92 Å². The second-order valence-corrected chi connectivity index (χ2v) is 3.29. The summed E-state index contributed by atoms with van der Waals surface area (Å²) in [5, 5.41) is 2.13. The number of amides is 1. The molecule has 1 N–H and O–H groups in total. The van der Waals surface area contributed by atoms with Crippen molar-refractivity contribution in [1.29, 1.82) is 0 Å². The fourth-order valence-corrected chi connectivity index (χ4v) is 1.29. The highest BCUT2D eigenvalue weighted by Gasteiger charge is 2.10. The first-order chi connectivity index (χ1) is 8.54. The summed E-state index contributed by atoms with van der Waals surface area (Å²) in [6, 6.07) is 4.76. The van der Waals surface area contributed by atoms with Crippen molar-refractivity contribution in [2.24, 2.45) is 0 Å². The summed E-state index contributed by atoms with van der Waals surface area (Å²) in [6.07, 6.45) is -2.54. The Bertz CT molecular complexity index is 381. The molecule has 1 aromatic carbocycles. The Hall–Kier alpha value is -1.65. The number of hydrogen-bond acceptors (Lipinski definition) is 2. The van der Waals surface area contributed by atoms with Crippen LogP contribution in [0.5, 0.6) is 5.75 Å². The number of nitrogens with one attached hydrogen (secondary N) is 1. The van der Waals surface area contributed by atoms with Gasteiger partial charge in [-0.15, -0.1) is 0 Å². The number of carbonyl (C=O) groups excluding carboxylic acids is 1. The number of carbonyl (C=O) groups is 1. The van der Waals surface area contributed by atoms with Crippen LogP contribution in [0.2, 0.25) is 0 Å². The van der Waals surface area contributed by atoms with E-state index in [1.165, 1.54) is 13.2 Å². The van der Waals surface area contributed by atoms with E-state index in [1.54, 1.807) is 19.1 Å². The number of ether oxygens (including phenoxy) is 1. The van der Waals surface area contributed by atoms with Gasteiger partial charge < -0.3 is 10.1 Å². The second kappa shape index (κ2) is 8.44. The van der Waals surface area contributed by atoms with Crippen LogP contribution in [-0.4, -0.2) is 26.0 Å². The number of aryl methyl sites for hydroxylation is 1. The van der Waals surface area contributed by atoms with E-state index in [1.807, 2.05) is 13.8 Å². The third-order valence-corrected chi connectivity index (χ3v) is 2.07. The predicted octanol–water partition coefficient (Wildman–Crippen LogP) is 3.02. The zero-order valence-electron chi connectivity index (χ0n) is 11.1. The summed E-state index contributed by atoms with van der Waals surface area (Å²) < 4.78 is 28.8. The first-order valence-electron chi connectivity index (χ1n) is 5.75. The third kappa shape index (κ3) is 5.12. The highest BCUT2D eigenvalue weighted by Crippen LogP contribution is 2.18. The molecule has 0 spiro atoms. The van der Waals surface area contributed by atoms with Gasteiger partial charge in [-0.2, -0.15) is 0 Å². The standard InChI is InChI=1S/C11H13F2NO2.C2H6/c1-7-5-8(3-4-9(7)16-2)11(15)14-6-10(12)13;1-2/h3-5,10H,6H2,1-2H3,(H,14,15);1-2H3. The molecular weight excluding hydrogens is 240 g/mol. The van der Waals surface area contributed by atoms with Crippen molar-refractivity contribution in [2.45, 2.75) is 27.2 Å². The van der Waals surface area contributed by atoms with Gasteiger partial charge in [0.25, 0.3) is 12.3 Å². The minimum Gasteiger partial charge on any atom is -0.496 e. The van der Waals surface area contributed by atoms with Gasteiger partial charge in [0.15, 0.2) is 0 Å². The summed E-state index contributed by atoms with van der Waals surface area (Å²) in [6.45, 7) is 5.15. The van der Waals surface area contributed by atoms with Crippen LogP contribution in [0.3, 0.4) is 0 Å². The average Bonchev–Trinajstić information content (AvgIpc) is 2.38. The number of benzene rings is 1. The van der Waals surface area contributed by atoms with Crippen LogP contribution in [0.4, 0.5) is 8.78 Å². The Morgan fingerprint density at radius 2 is 2.00 bits per heavy atom. The molecule has 0 radical (unpaired) electrons. The zero-order valence-corrected chi connectivity index (χ0v) is 11.1. The van der Waals surface area contributed by atoms with E-state index < -0.39 is 18.9 Å². The van der Waals surface area contributed by atoms with E-state index in [0.29, 0.717) is 11.3 Å². The fraction of sp³-hybridized carbons (Fsp3) is 0.462. The van der Waals surface area contributed by atoms with Crippen molar-refractivity contribution in [3.8, 4) is 5.75 Å². The highest BCUT2D eigenvalue weighted by atomic mass is 19.3. The Kier molecular flexibility index (Phi) is 7.67. The van der Waals surface area contributed by atoms with Gasteiger partial charge in [0, 0.05) is 5.56 Å². The molecule has 0 saturated carbocycles. The number of methoxy groups -OCH3 is 1. The maximum absolute atomic E-state index is 11.9. The molecule has 0 atom stereocenters. The van der Waals surface area contributed by atoms with E-state index in [-0.39, 0.29) is 0 Å². The predicted molar refractivity (Wildman–Crippen MR) is 67.4 cm³/mol. The van der Waals surface area contributed by atoms with Gasteiger partial charge >= 0.3 is 0 Å². The molecular formula is C13H19F2NO2. The van der Waals surface area contributed by atoms with Gasteiger partial charge in [-0.25, -0.2) is 8.78 Å². The molecule has 0 saturated heterocycles. The van der Waals surface area contributed by atoms with E-state index in [9.17, 15) is 13.6 Å². The number of halogens is 2. The van der Waals surface area contributed by atoms with E-state index >= 15 is 0 Å². The molecule has 0 fully saturated rings. The zero-order chi connectivity index (χ0) is 14.1. The lowest BCUT2D eigenvalue weighted by atomic mass is 10.1. The summed E-state index contributed by atoms with van der Waals surface area (Å²) >= 11 is 0. The third-order valence-electron chi connectivity index (χ3n) is 2.07. The van der Waals surface area contributed by atoms with Crippen molar-refractivity contribution >= 4 is 5.91 Å². The van der Waals surface area contributed by atoms with Gasteiger partial charge in [-0.05, 0) is 30.7 Å². The number of hydrogen-bond donors (Lipinski definition) is 1. The van der Waals surface area contributed by atoms with Crippen LogP contribution >= 0.6 is 0 Å². The van der Waals surface area contributed by atoms with Crippen LogP contribution in [0.25, 0.3) is 0 Å². The lowest BCUT2D eigenvalue weighted by Crippen LogP contribution is -2.28. The first kappa shape index (κ1) is 16.4. The first-order valence-corrected chi connectivity index (χ1v) is 5.75. The topological polar surface area (TPSA) is 38.3 Å². The summed E-state index contributed by atoms with van der Waals surface area (Å²) in [7, 11) is 1.53.